The third kappa shape index (κ3) is 4.16. The summed E-state index contributed by atoms with van der Waals surface area (Å²) >= 11 is 2.18. The number of rotatable bonds is 4. The van der Waals surface area contributed by atoms with E-state index in [1.165, 1.54) is 0 Å². The molecule has 0 fully saturated rings. The van der Waals surface area contributed by atoms with Crippen molar-refractivity contribution in [2.24, 2.45) is 0 Å². The molecule has 0 saturated carbocycles. The van der Waals surface area contributed by atoms with E-state index < -0.39 is 0 Å². The van der Waals surface area contributed by atoms with Crippen molar-refractivity contribution >= 4 is 35.9 Å². The highest BCUT2D eigenvalue weighted by molar-refractivity contribution is 14.2. The fraction of sp³-hybridized carbons (Fsp3) is 0.800. The SMILES string of the molecule is CNC(CSI)C(C)=O. The van der Waals surface area contributed by atoms with Gasteiger partial charge in [0, 0.05) is 5.75 Å². The molecule has 1 unspecified atom stereocenters. The molecule has 0 aromatic rings. The summed E-state index contributed by atoms with van der Waals surface area (Å²) in [7, 11) is 3.45. The third-order valence-corrected chi connectivity index (χ3v) is 2.61. The molecule has 0 amide bonds. The zero-order chi connectivity index (χ0) is 7.28. The maximum absolute atomic E-state index is 10.7. The first kappa shape index (κ1) is 9.71. The number of carbonyl (C=O) groups excluding carboxylic acids is 1. The summed E-state index contributed by atoms with van der Waals surface area (Å²) in [5.41, 5.74) is 0. The van der Waals surface area contributed by atoms with Crippen LogP contribution < -0.4 is 5.32 Å². The first-order valence-corrected chi connectivity index (χ1v) is 6.16. The number of carbonyl (C=O) groups is 1. The Morgan fingerprint density at radius 2 is 2.44 bits per heavy atom. The molecule has 0 aromatic heterocycles. The second kappa shape index (κ2) is 5.49. The van der Waals surface area contributed by atoms with Crippen molar-refractivity contribution in [3.05, 3.63) is 0 Å². The number of Topliss-reactive ketones (excluding diaryl/α,β-unsaturated/α-hetero) is 1. The quantitative estimate of drug-likeness (QED) is 0.770. The molecule has 0 aliphatic heterocycles. The topological polar surface area (TPSA) is 29.1 Å². The summed E-state index contributed by atoms with van der Waals surface area (Å²) < 4.78 is 0. The van der Waals surface area contributed by atoms with Gasteiger partial charge in [0.25, 0.3) is 0 Å². The van der Waals surface area contributed by atoms with Crippen LogP contribution in [0.2, 0.25) is 0 Å². The van der Waals surface area contributed by atoms with Gasteiger partial charge in [0.05, 0.1) is 6.04 Å². The first-order chi connectivity index (χ1) is 4.22. The molecule has 0 aliphatic carbocycles. The Hall–Kier alpha value is 0.710. The van der Waals surface area contributed by atoms with Crippen molar-refractivity contribution in [1.29, 1.82) is 0 Å². The molecule has 0 spiro atoms. The maximum atomic E-state index is 10.7. The standard InChI is InChI=1S/C5H10INOS/c1-4(8)5(7-2)3-9-6/h5,7H,3H2,1-2H3. The van der Waals surface area contributed by atoms with Crippen LogP contribution in [-0.4, -0.2) is 24.6 Å². The van der Waals surface area contributed by atoms with Crippen LogP contribution in [-0.2, 0) is 4.79 Å². The lowest BCUT2D eigenvalue weighted by molar-refractivity contribution is -0.118. The van der Waals surface area contributed by atoms with Crippen LogP contribution >= 0.6 is 30.1 Å². The second-order valence-corrected chi connectivity index (χ2v) is 4.15. The van der Waals surface area contributed by atoms with E-state index in [2.05, 4.69) is 26.5 Å². The molecule has 1 N–H and O–H groups in total. The minimum atomic E-state index is 0.0342. The van der Waals surface area contributed by atoms with Gasteiger partial charge < -0.3 is 5.32 Å². The molecule has 0 saturated heterocycles. The third-order valence-electron chi connectivity index (χ3n) is 1.07. The summed E-state index contributed by atoms with van der Waals surface area (Å²) in [5.74, 6) is 1.06. The van der Waals surface area contributed by atoms with Crippen molar-refractivity contribution in [2.75, 3.05) is 12.8 Å². The molecule has 1 atom stereocenters. The first-order valence-electron chi connectivity index (χ1n) is 2.63. The normalized spacial score (nSPS) is 13.2. The number of nitrogens with one attached hydrogen (secondary N) is 1. The Balaban J connectivity index is 3.54. The van der Waals surface area contributed by atoms with Gasteiger partial charge in [-0.05, 0) is 35.2 Å². The number of hydrogen-bond acceptors (Lipinski definition) is 3. The van der Waals surface area contributed by atoms with Gasteiger partial charge >= 0.3 is 0 Å². The van der Waals surface area contributed by atoms with Crippen molar-refractivity contribution in [3.63, 3.8) is 0 Å². The van der Waals surface area contributed by atoms with Gasteiger partial charge in [-0.25, -0.2) is 0 Å². The van der Waals surface area contributed by atoms with E-state index in [1.807, 2.05) is 0 Å². The minimum absolute atomic E-state index is 0.0342. The molecule has 0 radical (unpaired) electrons. The predicted molar refractivity (Wildman–Crippen MR) is 50.0 cm³/mol. The highest BCUT2D eigenvalue weighted by atomic mass is 127. The summed E-state index contributed by atoms with van der Waals surface area (Å²) in [5, 5.41) is 2.93. The van der Waals surface area contributed by atoms with Crippen LogP contribution in [0, 0.1) is 0 Å². The molecule has 4 heteroatoms. The molecule has 0 aliphatic rings. The number of likely N-dealkylation sites (N-methyl/N-ethyl adjacent to an activating group) is 1. The zero-order valence-electron chi connectivity index (χ0n) is 5.48. The molecule has 54 valence electrons. The zero-order valence-corrected chi connectivity index (χ0v) is 8.45. The predicted octanol–water partition coefficient (Wildman–Crippen LogP) is 1.25. The van der Waals surface area contributed by atoms with Crippen LogP contribution in [0.1, 0.15) is 6.92 Å². The minimum Gasteiger partial charge on any atom is -0.310 e. The van der Waals surface area contributed by atoms with E-state index in [4.69, 9.17) is 0 Å². The second-order valence-electron chi connectivity index (χ2n) is 1.73. The average Bonchev–Trinajstić information content (AvgIpc) is 1.82. The van der Waals surface area contributed by atoms with Gasteiger partial charge in [0.15, 0.2) is 0 Å². The van der Waals surface area contributed by atoms with Gasteiger partial charge in [-0.3, -0.25) is 4.79 Å². The average molecular weight is 259 g/mol. The number of hydrogen-bond donors (Lipinski definition) is 1. The van der Waals surface area contributed by atoms with Crippen LogP contribution in [0.5, 0.6) is 0 Å². The van der Waals surface area contributed by atoms with Gasteiger partial charge in [-0.2, -0.15) is 0 Å². The highest BCUT2D eigenvalue weighted by Gasteiger charge is 2.09. The van der Waals surface area contributed by atoms with E-state index in [1.54, 1.807) is 22.9 Å². The van der Waals surface area contributed by atoms with E-state index in [9.17, 15) is 4.79 Å². The highest BCUT2D eigenvalue weighted by Crippen LogP contribution is 2.11. The summed E-state index contributed by atoms with van der Waals surface area (Å²) in [6.07, 6.45) is 0. The van der Waals surface area contributed by atoms with E-state index in [0.717, 1.165) is 5.75 Å². The Bertz CT molecular complexity index is 99.0. The lowest BCUT2D eigenvalue weighted by Crippen LogP contribution is -2.34. The van der Waals surface area contributed by atoms with Gasteiger partial charge in [-0.15, -0.1) is 0 Å². The van der Waals surface area contributed by atoms with Crippen molar-refractivity contribution in [2.45, 2.75) is 13.0 Å². The fourth-order valence-corrected chi connectivity index (χ4v) is 2.07. The fourth-order valence-electron chi connectivity index (χ4n) is 0.467. The lowest BCUT2D eigenvalue weighted by atomic mass is 10.2. The monoisotopic (exact) mass is 259 g/mol. The molecule has 0 bridgehead atoms. The van der Waals surface area contributed by atoms with Crippen LogP contribution in [0.4, 0.5) is 0 Å². The Morgan fingerprint density at radius 3 is 2.56 bits per heavy atom. The van der Waals surface area contributed by atoms with Crippen LogP contribution in [0.3, 0.4) is 0 Å². The Labute approximate surface area is 71.7 Å². The molecule has 0 rings (SSSR count). The molecular weight excluding hydrogens is 249 g/mol. The molecule has 2 nitrogen and oxygen atoms in total. The van der Waals surface area contributed by atoms with Crippen molar-refractivity contribution in [1.82, 2.24) is 5.32 Å². The maximum Gasteiger partial charge on any atom is 0.147 e. The van der Waals surface area contributed by atoms with Gasteiger partial charge in [0.1, 0.15) is 5.78 Å². The van der Waals surface area contributed by atoms with E-state index in [0.29, 0.717) is 0 Å². The van der Waals surface area contributed by atoms with E-state index >= 15 is 0 Å². The number of ketones is 1. The molecule has 9 heavy (non-hydrogen) atoms. The molecule has 0 aromatic carbocycles. The smallest absolute Gasteiger partial charge is 0.147 e. The van der Waals surface area contributed by atoms with Crippen LogP contribution in [0.15, 0.2) is 0 Å². The summed E-state index contributed by atoms with van der Waals surface area (Å²) in [6.45, 7) is 1.61. The lowest BCUT2D eigenvalue weighted by Gasteiger charge is -2.08. The van der Waals surface area contributed by atoms with Crippen molar-refractivity contribution < 1.29 is 4.79 Å². The van der Waals surface area contributed by atoms with E-state index in [-0.39, 0.29) is 11.8 Å². The van der Waals surface area contributed by atoms with Crippen LogP contribution in [0.25, 0.3) is 0 Å². The van der Waals surface area contributed by atoms with Crippen molar-refractivity contribution in [3.8, 4) is 0 Å². The Morgan fingerprint density at radius 1 is 1.89 bits per heavy atom. The molecule has 0 heterocycles. The molecular formula is C5H10INOS. The van der Waals surface area contributed by atoms with Gasteiger partial charge in [-0.1, -0.05) is 8.93 Å². The largest absolute Gasteiger partial charge is 0.310 e. The van der Waals surface area contributed by atoms with Gasteiger partial charge in [0.2, 0.25) is 0 Å². The number of halogens is 1. The summed E-state index contributed by atoms with van der Waals surface area (Å²) in [4.78, 5) is 10.7. The Kier molecular flexibility index (Phi) is 5.92. The summed E-state index contributed by atoms with van der Waals surface area (Å²) in [6, 6.07) is 0.0342.